The molecule has 0 radical (unpaired) electrons. The zero-order valence-electron chi connectivity index (χ0n) is 18.3. The van der Waals surface area contributed by atoms with Gasteiger partial charge in [0, 0.05) is 50.0 Å². The standard InChI is InChI=1S/C20H21F5N5O2PS/c1-4-34(31,32)14-8-12(16-26-6-5-7-27-16)10-28-15(14)17-29-11-13(30(17)3)9-19(23,24)20(25,33)18(2,21)22/h5-8,10-11H,4,9,33H2,1-3H3. The van der Waals surface area contributed by atoms with Crippen molar-refractivity contribution in [1.29, 1.82) is 0 Å². The van der Waals surface area contributed by atoms with Crippen molar-refractivity contribution in [2.75, 3.05) is 5.75 Å². The fourth-order valence-electron chi connectivity index (χ4n) is 3.08. The van der Waals surface area contributed by atoms with Gasteiger partial charge in [-0.2, -0.15) is 0 Å². The molecule has 3 aromatic rings. The second-order valence-corrected chi connectivity index (χ2v) is 10.7. The smallest absolute Gasteiger partial charge is 0.296 e. The highest BCUT2D eigenvalue weighted by Gasteiger charge is 2.64. The molecule has 0 aromatic carbocycles. The second-order valence-electron chi connectivity index (χ2n) is 7.66. The van der Waals surface area contributed by atoms with Crippen LogP contribution in [0.25, 0.3) is 22.9 Å². The van der Waals surface area contributed by atoms with Crippen LogP contribution >= 0.6 is 9.24 Å². The summed E-state index contributed by atoms with van der Waals surface area (Å²) in [7, 11) is -1.70. The van der Waals surface area contributed by atoms with Crippen molar-refractivity contribution >= 4 is 19.1 Å². The van der Waals surface area contributed by atoms with Crippen molar-refractivity contribution in [3.8, 4) is 22.9 Å². The summed E-state index contributed by atoms with van der Waals surface area (Å²) in [5.41, 5.74) is -0.143. The van der Waals surface area contributed by atoms with Gasteiger partial charge in [0.15, 0.2) is 21.5 Å². The summed E-state index contributed by atoms with van der Waals surface area (Å²) in [6, 6.07) is 2.88. The Morgan fingerprint density at radius 2 is 1.65 bits per heavy atom. The third kappa shape index (κ3) is 4.68. The first-order valence-electron chi connectivity index (χ1n) is 9.87. The molecule has 7 nitrogen and oxygen atoms in total. The number of halogens is 5. The molecule has 3 rings (SSSR count). The lowest BCUT2D eigenvalue weighted by Crippen LogP contribution is -2.52. The fourth-order valence-corrected chi connectivity index (χ4v) is 4.24. The summed E-state index contributed by atoms with van der Waals surface area (Å²) in [6.07, 6.45) is 3.76. The number of aromatic nitrogens is 5. The quantitative estimate of drug-likeness (QED) is 0.328. The van der Waals surface area contributed by atoms with Crippen LogP contribution < -0.4 is 0 Å². The van der Waals surface area contributed by atoms with Gasteiger partial charge in [-0.1, -0.05) is 16.2 Å². The maximum Gasteiger partial charge on any atom is 0.296 e. The molecule has 0 fully saturated rings. The van der Waals surface area contributed by atoms with Crippen LogP contribution in [0.1, 0.15) is 19.5 Å². The zero-order valence-corrected chi connectivity index (χ0v) is 20.3. The molecular formula is C20H21F5N5O2PS. The number of imidazole rings is 1. The minimum atomic E-state index is -4.48. The molecule has 14 heteroatoms. The number of nitrogens with zero attached hydrogens (tertiary/aromatic N) is 5. The monoisotopic (exact) mass is 521 g/mol. The molecule has 34 heavy (non-hydrogen) atoms. The average Bonchev–Trinajstić information content (AvgIpc) is 3.12. The van der Waals surface area contributed by atoms with E-state index < -0.39 is 33.5 Å². The van der Waals surface area contributed by atoms with Crippen LogP contribution in [0, 0.1) is 0 Å². The molecule has 0 bridgehead atoms. The molecular weight excluding hydrogens is 500 g/mol. The number of pyridine rings is 1. The summed E-state index contributed by atoms with van der Waals surface area (Å²) < 4.78 is 96.9. The van der Waals surface area contributed by atoms with Crippen LogP contribution in [-0.4, -0.2) is 55.9 Å². The molecule has 3 aromatic heterocycles. The summed E-state index contributed by atoms with van der Waals surface area (Å²) in [6.45, 7) is 1.48. The van der Waals surface area contributed by atoms with Gasteiger partial charge < -0.3 is 4.57 Å². The predicted octanol–water partition coefficient (Wildman–Crippen LogP) is 4.11. The first kappa shape index (κ1) is 26.1. The third-order valence-electron chi connectivity index (χ3n) is 5.26. The van der Waals surface area contributed by atoms with E-state index in [0.29, 0.717) is 5.56 Å². The van der Waals surface area contributed by atoms with Gasteiger partial charge in [-0.15, -0.1) is 0 Å². The Balaban J connectivity index is 2.10. The first-order chi connectivity index (χ1) is 15.6. The van der Waals surface area contributed by atoms with Crippen LogP contribution in [0.5, 0.6) is 0 Å². The summed E-state index contributed by atoms with van der Waals surface area (Å²) >= 11 is 0. The Kier molecular flexibility index (Phi) is 6.84. The minimum absolute atomic E-state index is 0.0619. The zero-order chi connectivity index (χ0) is 25.5. The Morgan fingerprint density at radius 3 is 2.21 bits per heavy atom. The van der Waals surface area contributed by atoms with Crippen molar-refractivity contribution in [2.45, 2.75) is 42.4 Å². The van der Waals surface area contributed by atoms with Crippen LogP contribution in [0.4, 0.5) is 22.0 Å². The van der Waals surface area contributed by atoms with Gasteiger partial charge in [-0.05, 0) is 12.1 Å². The predicted molar refractivity (Wildman–Crippen MR) is 118 cm³/mol. The number of hydrogen-bond acceptors (Lipinski definition) is 6. The van der Waals surface area contributed by atoms with E-state index in [4.69, 9.17) is 0 Å². The number of alkyl halides is 5. The molecule has 0 saturated carbocycles. The highest BCUT2D eigenvalue weighted by Crippen LogP contribution is 2.50. The van der Waals surface area contributed by atoms with Crippen LogP contribution in [0.15, 0.2) is 41.8 Å². The van der Waals surface area contributed by atoms with Crippen LogP contribution in [0.3, 0.4) is 0 Å². The second kappa shape index (κ2) is 8.92. The van der Waals surface area contributed by atoms with E-state index in [0.717, 1.165) is 20.0 Å². The molecule has 2 unspecified atom stereocenters. The lowest BCUT2D eigenvalue weighted by atomic mass is 10.0. The molecule has 0 N–H and O–H groups in total. The molecule has 2 atom stereocenters. The van der Waals surface area contributed by atoms with E-state index in [1.54, 1.807) is 6.07 Å². The normalized spacial score (nSPS) is 14.7. The Hall–Kier alpha value is -2.53. The van der Waals surface area contributed by atoms with Gasteiger partial charge in [0.1, 0.15) is 5.69 Å². The van der Waals surface area contributed by atoms with Crippen LogP contribution in [-0.2, 0) is 23.3 Å². The summed E-state index contributed by atoms with van der Waals surface area (Å²) in [4.78, 5) is 16.0. The highest BCUT2D eigenvalue weighted by molar-refractivity contribution is 7.91. The Bertz CT molecular complexity index is 1290. The number of hydrogen-bond donors (Lipinski definition) is 0. The highest BCUT2D eigenvalue weighted by atomic mass is 32.2. The lowest BCUT2D eigenvalue weighted by Gasteiger charge is -2.34. The van der Waals surface area contributed by atoms with E-state index in [9.17, 15) is 30.4 Å². The fraction of sp³-hybridized carbons (Fsp3) is 0.400. The van der Waals surface area contributed by atoms with E-state index in [-0.39, 0.29) is 40.6 Å². The topological polar surface area (TPSA) is 90.6 Å². The van der Waals surface area contributed by atoms with Gasteiger partial charge >= 0.3 is 0 Å². The van der Waals surface area contributed by atoms with Gasteiger partial charge in [-0.3, -0.25) is 4.98 Å². The number of sulfone groups is 1. The van der Waals surface area contributed by atoms with Crippen molar-refractivity contribution < 1.29 is 30.4 Å². The summed E-state index contributed by atoms with van der Waals surface area (Å²) in [5.74, 6) is -9.02. The number of rotatable bonds is 8. The van der Waals surface area contributed by atoms with E-state index in [1.165, 1.54) is 38.6 Å². The van der Waals surface area contributed by atoms with Gasteiger partial charge in [-0.25, -0.2) is 45.3 Å². The van der Waals surface area contributed by atoms with E-state index in [2.05, 4.69) is 19.9 Å². The molecule has 184 valence electrons. The van der Waals surface area contributed by atoms with Gasteiger partial charge in [0.25, 0.3) is 11.8 Å². The van der Waals surface area contributed by atoms with Gasteiger partial charge in [0.2, 0.25) is 5.41 Å². The summed E-state index contributed by atoms with van der Waals surface area (Å²) in [5, 5.41) is -4.21. The van der Waals surface area contributed by atoms with Crippen molar-refractivity contribution in [3.63, 3.8) is 0 Å². The molecule has 3 heterocycles. The van der Waals surface area contributed by atoms with Crippen LogP contribution in [0.2, 0.25) is 0 Å². The van der Waals surface area contributed by atoms with Gasteiger partial charge in [0.05, 0.1) is 17.1 Å². The molecule has 0 spiro atoms. The van der Waals surface area contributed by atoms with Crippen molar-refractivity contribution in [3.05, 3.63) is 42.6 Å². The average molecular weight is 521 g/mol. The Morgan fingerprint density at radius 1 is 1.03 bits per heavy atom. The largest absolute Gasteiger partial charge is 0.330 e. The maximum absolute atomic E-state index is 14.5. The lowest BCUT2D eigenvalue weighted by molar-refractivity contribution is -0.192. The third-order valence-corrected chi connectivity index (χ3v) is 7.93. The van der Waals surface area contributed by atoms with Crippen molar-refractivity contribution in [1.82, 2.24) is 24.5 Å². The molecule has 0 aliphatic rings. The SMILES string of the molecule is CCS(=O)(=O)c1cc(-c2ncccn2)cnc1-c1ncc(CC(F)(F)C(F)(P)C(C)(F)F)n1C. The van der Waals surface area contributed by atoms with E-state index >= 15 is 0 Å². The minimum Gasteiger partial charge on any atom is -0.330 e. The van der Waals surface area contributed by atoms with Crippen molar-refractivity contribution in [2.24, 2.45) is 7.05 Å². The molecule has 0 aliphatic carbocycles. The molecule has 0 amide bonds. The Labute approximate surface area is 195 Å². The van der Waals surface area contributed by atoms with E-state index in [1.807, 2.05) is 0 Å². The molecule has 0 aliphatic heterocycles. The first-order valence-corrected chi connectivity index (χ1v) is 12.1. The molecule has 0 saturated heterocycles. The maximum atomic E-state index is 14.5.